The number of Topliss-reactive ketones (excluding diaryl/α,β-unsaturated/α-hetero) is 1. The van der Waals surface area contributed by atoms with Gasteiger partial charge in [0.15, 0.2) is 6.29 Å². The smallest absolute Gasteiger partial charge is 0.334 e. The molecule has 0 spiro atoms. The molecule has 0 unspecified atom stereocenters. The molecule has 2 bridgehead atoms. The number of aliphatic hydroxyl groups is 6. The third kappa shape index (κ3) is 3.82. The van der Waals surface area contributed by atoms with E-state index >= 15 is 0 Å². The van der Waals surface area contributed by atoms with Crippen LogP contribution in [0.4, 0.5) is 0 Å². The van der Waals surface area contributed by atoms with Crippen LogP contribution in [0.3, 0.4) is 0 Å². The number of allylic oxidation sites excluding steroid dienone is 1. The van der Waals surface area contributed by atoms with Crippen molar-refractivity contribution in [3.63, 3.8) is 0 Å². The summed E-state index contributed by atoms with van der Waals surface area (Å²) in [5.41, 5.74) is -3.35. The Morgan fingerprint density at radius 1 is 0.978 bits per heavy atom. The predicted octanol–water partition coefficient (Wildman–Crippen LogP) is 0.579. The van der Waals surface area contributed by atoms with Crippen molar-refractivity contribution in [1.29, 1.82) is 0 Å². The van der Waals surface area contributed by atoms with E-state index < -0.39 is 89.2 Å². The number of fused-ring (bicyclic) bond motifs is 3. The molecule has 0 radical (unpaired) electrons. The van der Waals surface area contributed by atoms with Crippen molar-refractivity contribution >= 4 is 11.8 Å². The minimum atomic E-state index is -1.58. The molecule has 0 aromatic heterocycles. The summed E-state index contributed by atoms with van der Waals surface area (Å²) >= 11 is 0. The van der Waals surface area contributed by atoms with E-state index in [0.717, 1.165) is 11.1 Å². The highest BCUT2D eigenvalue weighted by atomic mass is 16.7. The molecular weight excluding hydrogens is 600 g/mol. The third-order valence-electron chi connectivity index (χ3n) is 13.9. The molecule has 3 aliphatic heterocycles. The molecule has 0 amide bonds. The molecule has 2 saturated heterocycles. The van der Waals surface area contributed by atoms with E-state index in [9.17, 15) is 40.2 Å². The highest BCUT2D eigenvalue weighted by Gasteiger charge is 2.87. The Morgan fingerprint density at radius 2 is 1.70 bits per heavy atom. The summed E-state index contributed by atoms with van der Waals surface area (Å²) in [5, 5.41) is 64.9. The van der Waals surface area contributed by atoms with Crippen LogP contribution < -0.4 is 0 Å². The Labute approximate surface area is 268 Å². The molecule has 0 aromatic carbocycles. The number of carbonyl (C=O) groups excluding carboxylic acids is 2. The molecule has 3 heterocycles. The second kappa shape index (κ2) is 10.4. The number of cyclic esters (lactones) is 1. The highest BCUT2D eigenvalue weighted by molar-refractivity contribution is 5.90. The van der Waals surface area contributed by atoms with Gasteiger partial charge < -0.3 is 49.6 Å². The maximum absolute atomic E-state index is 14.2. The molecule has 12 heteroatoms. The lowest BCUT2D eigenvalue weighted by Crippen LogP contribution is -2.65. The fourth-order valence-electron chi connectivity index (χ4n) is 10.9. The fraction of sp³-hybridized carbons (Fsp3) is 0.824. The normalized spacial score (nSPS) is 55.0. The van der Waals surface area contributed by atoms with E-state index in [-0.39, 0.29) is 30.5 Å². The first-order valence-corrected chi connectivity index (χ1v) is 16.7. The third-order valence-corrected chi connectivity index (χ3v) is 13.9. The average molecular weight is 649 g/mol. The van der Waals surface area contributed by atoms with E-state index in [1.807, 2.05) is 33.8 Å². The van der Waals surface area contributed by atoms with Crippen molar-refractivity contribution in [2.75, 3.05) is 6.61 Å². The van der Waals surface area contributed by atoms with Gasteiger partial charge in [0.25, 0.3) is 0 Å². The van der Waals surface area contributed by atoms with E-state index in [1.54, 1.807) is 6.92 Å². The van der Waals surface area contributed by atoms with Gasteiger partial charge in [0, 0.05) is 30.3 Å². The van der Waals surface area contributed by atoms with E-state index in [2.05, 4.69) is 0 Å². The van der Waals surface area contributed by atoms with E-state index in [1.165, 1.54) is 0 Å². The Morgan fingerprint density at radius 3 is 2.37 bits per heavy atom. The first kappa shape index (κ1) is 32.8. The standard InChI is InChI=1S/C34H48O12/c1-15-10-24(45-28(41)16(15)2)32(5)33(42)13-23(37)34(46-32)20-7-6-17-11-18(43-29-27(40)26(39)25(38)21(14-35)44-29)12-22(36)31(17,4)19(20)8-9-30(33,34)3/h6,18-21,23-27,29,35,37-40,42H,7-14H2,1-5H3/t18-,19+,20-,21-,23+,24-,25-,26+,27-,29-,30-,31+,32+,33+,34+/m1/s1. The molecule has 7 rings (SSSR count). The summed E-state index contributed by atoms with van der Waals surface area (Å²) < 4.78 is 24.5. The molecule has 0 aromatic rings. The van der Waals surface area contributed by atoms with Crippen molar-refractivity contribution in [2.24, 2.45) is 22.7 Å². The molecule has 4 aliphatic carbocycles. The van der Waals surface area contributed by atoms with Crippen LogP contribution in [-0.4, -0.2) is 115 Å². The summed E-state index contributed by atoms with van der Waals surface area (Å²) in [5.74, 6) is -0.982. The molecule has 5 fully saturated rings. The maximum Gasteiger partial charge on any atom is 0.334 e. The van der Waals surface area contributed by atoms with E-state index in [0.29, 0.717) is 37.7 Å². The van der Waals surface area contributed by atoms with Gasteiger partial charge in [0.1, 0.15) is 53.1 Å². The van der Waals surface area contributed by atoms with Gasteiger partial charge in [-0.3, -0.25) is 4.79 Å². The lowest BCUT2D eigenvalue weighted by Gasteiger charge is -2.60. The topological polar surface area (TPSA) is 192 Å². The molecule has 3 saturated carbocycles. The fourth-order valence-corrected chi connectivity index (χ4v) is 10.9. The molecule has 12 nitrogen and oxygen atoms in total. The molecule has 46 heavy (non-hydrogen) atoms. The Balaban J connectivity index is 1.19. The Kier molecular flexibility index (Phi) is 7.40. The minimum absolute atomic E-state index is 0.0183. The number of esters is 1. The quantitative estimate of drug-likeness (QED) is 0.184. The SMILES string of the molecule is CC1=C(C)C(=O)O[C@@H]([C@]2(C)O[C@]34[C@@H]5CC=C6C[C@@H](O[C@@H]7O[C@H](CO)[C@@H](O)[C@H](O)[C@H]7O)CC(=O)[C@]6(C)[C@H]5CC[C@]3(C)[C@@]2(O)C[C@@H]4O)C1. The number of hydrogen-bond acceptors (Lipinski definition) is 12. The monoisotopic (exact) mass is 648 g/mol. The maximum atomic E-state index is 14.2. The molecule has 15 atom stereocenters. The summed E-state index contributed by atoms with van der Waals surface area (Å²) in [4.78, 5) is 27.0. The van der Waals surface area contributed by atoms with Gasteiger partial charge in [-0.15, -0.1) is 0 Å². The molecule has 256 valence electrons. The van der Waals surface area contributed by atoms with Gasteiger partial charge in [-0.1, -0.05) is 24.1 Å². The minimum Gasteiger partial charge on any atom is -0.455 e. The number of aliphatic hydroxyl groups excluding tert-OH is 5. The van der Waals surface area contributed by atoms with Gasteiger partial charge in [-0.25, -0.2) is 4.79 Å². The lowest BCUT2D eigenvalue weighted by molar-refractivity contribution is -0.312. The van der Waals surface area contributed by atoms with Crippen molar-refractivity contribution in [3.05, 3.63) is 22.8 Å². The van der Waals surface area contributed by atoms with Crippen LogP contribution in [0, 0.1) is 22.7 Å². The summed E-state index contributed by atoms with van der Waals surface area (Å²) in [6.07, 6.45) is -4.95. The largest absolute Gasteiger partial charge is 0.455 e. The molecule has 7 aliphatic rings. The van der Waals surface area contributed by atoms with Gasteiger partial charge >= 0.3 is 5.97 Å². The van der Waals surface area contributed by atoms with Crippen LogP contribution >= 0.6 is 0 Å². The first-order chi connectivity index (χ1) is 21.5. The van der Waals surface area contributed by atoms with Crippen LogP contribution in [0.1, 0.15) is 79.6 Å². The van der Waals surface area contributed by atoms with Gasteiger partial charge in [0.05, 0.1) is 24.2 Å². The van der Waals surface area contributed by atoms with Crippen LogP contribution in [0.15, 0.2) is 22.8 Å². The average Bonchev–Trinajstić information content (AvgIpc) is 3.29. The van der Waals surface area contributed by atoms with Gasteiger partial charge in [-0.05, 0) is 65.2 Å². The summed E-state index contributed by atoms with van der Waals surface area (Å²) in [6.45, 7) is 8.78. The highest BCUT2D eigenvalue weighted by Crippen LogP contribution is 2.77. The Bertz CT molecular complexity index is 1390. The van der Waals surface area contributed by atoms with Crippen LogP contribution in [0.5, 0.6) is 0 Å². The zero-order chi connectivity index (χ0) is 33.4. The van der Waals surface area contributed by atoms with Gasteiger partial charge in [-0.2, -0.15) is 0 Å². The van der Waals surface area contributed by atoms with Crippen LogP contribution in [0.2, 0.25) is 0 Å². The number of rotatable bonds is 4. The lowest BCUT2D eigenvalue weighted by atomic mass is 9.45. The number of carbonyl (C=O) groups is 2. The first-order valence-electron chi connectivity index (χ1n) is 16.7. The molecule has 6 N–H and O–H groups in total. The second-order valence-corrected chi connectivity index (χ2v) is 15.6. The zero-order valence-electron chi connectivity index (χ0n) is 27.1. The molecular formula is C34H48O12. The van der Waals surface area contributed by atoms with Crippen molar-refractivity contribution in [2.45, 2.75) is 145 Å². The Hall–Kier alpha value is -1.74. The van der Waals surface area contributed by atoms with E-state index in [4.69, 9.17) is 18.9 Å². The second-order valence-electron chi connectivity index (χ2n) is 15.6. The summed E-state index contributed by atoms with van der Waals surface area (Å²) in [7, 11) is 0. The van der Waals surface area contributed by atoms with Gasteiger partial charge in [0.2, 0.25) is 0 Å². The number of ether oxygens (including phenoxy) is 4. The van der Waals surface area contributed by atoms with Crippen molar-refractivity contribution in [1.82, 2.24) is 0 Å². The predicted molar refractivity (Wildman–Crippen MR) is 159 cm³/mol. The number of hydrogen-bond donors (Lipinski definition) is 6. The van der Waals surface area contributed by atoms with Crippen LogP contribution in [0.25, 0.3) is 0 Å². The van der Waals surface area contributed by atoms with Crippen molar-refractivity contribution < 1.29 is 59.2 Å². The van der Waals surface area contributed by atoms with Crippen LogP contribution in [-0.2, 0) is 28.5 Å². The van der Waals surface area contributed by atoms with Crippen molar-refractivity contribution in [3.8, 4) is 0 Å². The summed E-state index contributed by atoms with van der Waals surface area (Å²) in [6, 6.07) is 0. The zero-order valence-corrected chi connectivity index (χ0v) is 27.1. The number of ketones is 1.